The summed E-state index contributed by atoms with van der Waals surface area (Å²) in [4.78, 5) is 16.5. The Hall–Kier alpha value is -3.00. The smallest absolute Gasteiger partial charge is 0.270 e. The number of carbonyl (C=O) groups excluding carboxylic acids is 1. The third-order valence-corrected chi connectivity index (χ3v) is 4.46. The largest absolute Gasteiger partial charge is 0.493 e. The van der Waals surface area contributed by atoms with Crippen molar-refractivity contribution in [3.63, 3.8) is 0 Å². The lowest BCUT2D eigenvalue weighted by Crippen LogP contribution is -2.32. The molecule has 150 valence electrons. The Kier molecular flexibility index (Phi) is 6.54. The predicted molar refractivity (Wildman–Crippen MR) is 105 cm³/mol. The summed E-state index contributed by atoms with van der Waals surface area (Å²) in [5.74, 6) is 1.35. The summed E-state index contributed by atoms with van der Waals surface area (Å²) < 4.78 is 21.6. The Morgan fingerprint density at radius 3 is 2.50 bits per heavy atom. The monoisotopic (exact) mass is 387 g/mol. The van der Waals surface area contributed by atoms with Gasteiger partial charge in [-0.25, -0.2) is 0 Å². The van der Waals surface area contributed by atoms with Gasteiger partial charge in [-0.3, -0.25) is 9.78 Å². The van der Waals surface area contributed by atoms with Crippen molar-refractivity contribution in [2.75, 3.05) is 39.8 Å². The average Bonchev–Trinajstić information content (AvgIpc) is 3.25. The number of rotatable bonds is 8. The van der Waals surface area contributed by atoms with Gasteiger partial charge >= 0.3 is 0 Å². The average molecular weight is 387 g/mol. The molecule has 1 fully saturated rings. The molecular weight excluding hydrogens is 362 g/mol. The fourth-order valence-corrected chi connectivity index (χ4v) is 3.05. The quantitative estimate of drug-likeness (QED) is 0.720. The Bertz CT molecular complexity index is 796. The highest BCUT2D eigenvalue weighted by atomic mass is 16.5. The zero-order chi connectivity index (χ0) is 19.9. The Morgan fingerprint density at radius 1 is 1.14 bits per heavy atom. The van der Waals surface area contributed by atoms with Crippen LogP contribution in [-0.4, -0.2) is 51.5 Å². The van der Waals surface area contributed by atoms with Gasteiger partial charge in [-0.15, -0.1) is 0 Å². The lowest BCUT2D eigenvalue weighted by atomic mass is 10.2. The minimum atomic E-state index is -0.232. The number of nitrogens with one attached hydrogen (secondary N) is 2. The van der Waals surface area contributed by atoms with Crippen molar-refractivity contribution in [1.29, 1.82) is 0 Å². The van der Waals surface area contributed by atoms with Crippen LogP contribution in [0.4, 0.5) is 11.4 Å². The Morgan fingerprint density at radius 2 is 1.89 bits per heavy atom. The number of aromatic nitrogens is 1. The maximum atomic E-state index is 12.4. The maximum absolute atomic E-state index is 12.4. The number of hydrogen-bond donors (Lipinski definition) is 2. The standard InChI is InChI=1S/C20H25N3O5/c1-25-17-10-14(11-18(26-2)19(17)27-3)23-13-6-7-21-16(9-13)20(24)22-12-15-5-4-8-28-15/h6-7,9-11,15H,4-5,8,12H2,1-3H3,(H,21,23)(H,22,24). The van der Waals surface area contributed by atoms with Crippen LogP contribution in [0.15, 0.2) is 30.5 Å². The summed E-state index contributed by atoms with van der Waals surface area (Å²) in [6, 6.07) is 7.05. The first-order valence-corrected chi connectivity index (χ1v) is 9.07. The molecule has 1 aliphatic rings. The number of amides is 1. The summed E-state index contributed by atoms with van der Waals surface area (Å²) in [5.41, 5.74) is 1.77. The molecule has 0 aliphatic carbocycles. The minimum Gasteiger partial charge on any atom is -0.493 e. The zero-order valence-electron chi connectivity index (χ0n) is 16.3. The third-order valence-electron chi connectivity index (χ3n) is 4.46. The van der Waals surface area contributed by atoms with Gasteiger partial charge in [-0.1, -0.05) is 0 Å². The second kappa shape index (κ2) is 9.27. The van der Waals surface area contributed by atoms with Gasteiger partial charge in [-0.2, -0.15) is 0 Å². The van der Waals surface area contributed by atoms with Crippen LogP contribution in [0.25, 0.3) is 0 Å². The molecule has 0 saturated carbocycles. The molecule has 1 aromatic heterocycles. The number of pyridine rings is 1. The van der Waals surface area contributed by atoms with Gasteiger partial charge in [0.2, 0.25) is 5.75 Å². The molecule has 2 aromatic rings. The predicted octanol–water partition coefficient (Wildman–Crippen LogP) is 2.76. The van der Waals surface area contributed by atoms with Crippen LogP contribution in [0.3, 0.4) is 0 Å². The highest BCUT2D eigenvalue weighted by Gasteiger charge is 2.17. The summed E-state index contributed by atoms with van der Waals surface area (Å²) in [6.07, 6.45) is 3.68. The van der Waals surface area contributed by atoms with Crippen LogP contribution in [0.5, 0.6) is 17.2 Å². The molecule has 1 amide bonds. The van der Waals surface area contributed by atoms with Crippen molar-refractivity contribution in [3.05, 3.63) is 36.2 Å². The second-order valence-electron chi connectivity index (χ2n) is 6.31. The van der Waals surface area contributed by atoms with Crippen LogP contribution in [0.1, 0.15) is 23.3 Å². The van der Waals surface area contributed by atoms with E-state index in [9.17, 15) is 4.79 Å². The number of hydrogen-bond acceptors (Lipinski definition) is 7. The van der Waals surface area contributed by atoms with E-state index in [2.05, 4.69) is 15.6 Å². The van der Waals surface area contributed by atoms with E-state index < -0.39 is 0 Å². The van der Waals surface area contributed by atoms with Crippen molar-refractivity contribution in [2.24, 2.45) is 0 Å². The summed E-state index contributed by atoms with van der Waals surface area (Å²) >= 11 is 0. The number of nitrogens with zero attached hydrogens (tertiary/aromatic N) is 1. The molecule has 8 heteroatoms. The molecular formula is C20H25N3O5. The molecule has 0 bridgehead atoms. The molecule has 28 heavy (non-hydrogen) atoms. The third kappa shape index (κ3) is 4.64. The molecule has 0 radical (unpaired) electrons. The maximum Gasteiger partial charge on any atom is 0.270 e. The number of anilines is 2. The number of benzene rings is 1. The summed E-state index contributed by atoms with van der Waals surface area (Å²) in [7, 11) is 4.67. The second-order valence-corrected chi connectivity index (χ2v) is 6.31. The first-order valence-electron chi connectivity index (χ1n) is 9.07. The SMILES string of the molecule is COc1cc(Nc2ccnc(C(=O)NCC3CCCO3)c2)cc(OC)c1OC. The van der Waals surface area contributed by atoms with Crippen molar-refractivity contribution in [2.45, 2.75) is 18.9 Å². The van der Waals surface area contributed by atoms with E-state index in [0.717, 1.165) is 25.1 Å². The first-order chi connectivity index (χ1) is 13.6. The van der Waals surface area contributed by atoms with Gasteiger partial charge in [0.05, 0.1) is 27.4 Å². The highest BCUT2D eigenvalue weighted by molar-refractivity contribution is 5.93. The Labute approximate surface area is 164 Å². The lowest BCUT2D eigenvalue weighted by Gasteiger charge is -2.15. The van der Waals surface area contributed by atoms with E-state index in [0.29, 0.717) is 35.2 Å². The van der Waals surface area contributed by atoms with E-state index >= 15 is 0 Å². The zero-order valence-corrected chi connectivity index (χ0v) is 16.3. The van der Waals surface area contributed by atoms with Crippen LogP contribution in [0.2, 0.25) is 0 Å². The van der Waals surface area contributed by atoms with Crippen LogP contribution in [0, 0.1) is 0 Å². The fraction of sp³-hybridized carbons (Fsp3) is 0.400. The van der Waals surface area contributed by atoms with Gasteiger partial charge in [0.25, 0.3) is 5.91 Å². The van der Waals surface area contributed by atoms with Crippen LogP contribution < -0.4 is 24.8 Å². The summed E-state index contributed by atoms with van der Waals surface area (Å²) in [5, 5.41) is 6.11. The van der Waals surface area contributed by atoms with Gasteiger partial charge in [0.1, 0.15) is 5.69 Å². The number of ether oxygens (including phenoxy) is 4. The molecule has 8 nitrogen and oxygen atoms in total. The van der Waals surface area contributed by atoms with Gasteiger partial charge in [0, 0.05) is 42.9 Å². The molecule has 1 unspecified atom stereocenters. The van der Waals surface area contributed by atoms with Crippen molar-refractivity contribution in [3.8, 4) is 17.2 Å². The molecule has 2 N–H and O–H groups in total. The summed E-state index contributed by atoms with van der Waals surface area (Å²) in [6.45, 7) is 1.25. The normalized spacial score (nSPS) is 15.8. The molecule has 0 spiro atoms. The number of methoxy groups -OCH3 is 3. The van der Waals surface area contributed by atoms with Crippen LogP contribution >= 0.6 is 0 Å². The molecule has 2 heterocycles. The molecule has 1 aliphatic heterocycles. The molecule has 1 aromatic carbocycles. The van der Waals surface area contributed by atoms with E-state index in [1.54, 1.807) is 51.8 Å². The van der Waals surface area contributed by atoms with Gasteiger partial charge in [-0.05, 0) is 25.0 Å². The highest BCUT2D eigenvalue weighted by Crippen LogP contribution is 2.40. The first kappa shape index (κ1) is 19.8. The van der Waals surface area contributed by atoms with Gasteiger partial charge in [0.15, 0.2) is 11.5 Å². The molecule has 1 atom stereocenters. The molecule has 1 saturated heterocycles. The van der Waals surface area contributed by atoms with Gasteiger partial charge < -0.3 is 29.6 Å². The minimum absolute atomic E-state index is 0.0875. The number of carbonyl (C=O) groups is 1. The lowest BCUT2D eigenvalue weighted by molar-refractivity contribution is 0.0854. The Balaban J connectivity index is 1.72. The van der Waals surface area contributed by atoms with E-state index in [1.165, 1.54) is 0 Å². The van der Waals surface area contributed by atoms with E-state index in [1.807, 2.05) is 0 Å². The topological polar surface area (TPSA) is 90.9 Å². The van der Waals surface area contributed by atoms with E-state index in [-0.39, 0.29) is 12.0 Å². The van der Waals surface area contributed by atoms with Crippen molar-refractivity contribution >= 4 is 17.3 Å². The molecule has 3 rings (SSSR count). The fourth-order valence-electron chi connectivity index (χ4n) is 3.05. The van der Waals surface area contributed by atoms with Crippen LogP contribution in [-0.2, 0) is 4.74 Å². The van der Waals surface area contributed by atoms with Crippen molar-refractivity contribution < 1.29 is 23.7 Å². The van der Waals surface area contributed by atoms with Crippen molar-refractivity contribution in [1.82, 2.24) is 10.3 Å². The van der Waals surface area contributed by atoms with E-state index in [4.69, 9.17) is 18.9 Å².